The molecule has 0 aromatic heterocycles. The second-order valence-corrected chi connectivity index (χ2v) is 18.5. The van der Waals surface area contributed by atoms with Crippen molar-refractivity contribution in [2.24, 2.45) is 51.2 Å². The van der Waals surface area contributed by atoms with Crippen LogP contribution in [0.4, 0.5) is 18.9 Å². The molecule has 4 saturated carbocycles. The number of fused-ring (bicyclic) bond motifs is 10. The van der Waals surface area contributed by atoms with Crippen LogP contribution in [0.15, 0.2) is 48.6 Å². The number of allylic oxidation sites excluding steroid dienone is 1. The predicted molar refractivity (Wildman–Crippen MR) is 189 cm³/mol. The van der Waals surface area contributed by atoms with E-state index in [1.54, 1.807) is 30.3 Å². The van der Waals surface area contributed by atoms with Crippen LogP contribution in [0.1, 0.15) is 130 Å². The van der Waals surface area contributed by atoms with Crippen LogP contribution in [-0.4, -0.2) is 22.9 Å². The van der Waals surface area contributed by atoms with E-state index in [1.807, 2.05) is 20.8 Å². The zero-order valence-electron chi connectivity index (χ0n) is 30.7. The van der Waals surface area contributed by atoms with Crippen molar-refractivity contribution in [3.8, 4) is 0 Å². The van der Waals surface area contributed by atoms with E-state index in [-0.39, 0.29) is 63.5 Å². The number of carbonyl (C=O) groups is 3. The topological polar surface area (TPSA) is 74.7 Å². The Labute approximate surface area is 299 Å². The summed E-state index contributed by atoms with van der Waals surface area (Å²) in [6, 6.07) is 9.41. The standard InChI is InChI=1S/C43H50F3NO4/c1-23(2)25-15-18-42(37(50)51)20-19-40(6)28(33(25)42)13-14-31-39(5)22-27-29(43(44,45)46)21-26-32(34(27)38(3,4)30(39)16-17-41(31,40)7)36(49)47(35(26)48)24-11-9-8-10-12-24/h8-12,21,25,28,30-31,33H,1,13-20,22H2,2-7H3,(H,50,51)/t25-,28+,30-,31+,33+,39-,40+,41+,42-/m0/s1. The SMILES string of the molecule is C=C(C)[C@@H]1CC[C@]2(C(=O)O)CC[C@]3(C)[C@H](CC[C@@H]4[C@@]5(C)Cc6c(C(F)(F)F)cc7c(c6C(C)(C)[C@@H]5CC[C@]43C)C(=O)N(c3ccccc3)C7=O)[C@@H]12. The van der Waals surface area contributed by atoms with Crippen molar-refractivity contribution >= 4 is 23.5 Å². The van der Waals surface area contributed by atoms with Gasteiger partial charge >= 0.3 is 12.1 Å². The Kier molecular flexibility index (Phi) is 7.20. The summed E-state index contributed by atoms with van der Waals surface area (Å²) in [5.41, 5.74) is -1.33. The summed E-state index contributed by atoms with van der Waals surface area (Å²) in [5, 5.41) is 10.7. The monoisotopic (exact) mass is 701 g/mol. The average Bonchev–Trinajstić information content (AvgIpc) is 3.56. The predicted octanol–water partition coefficient (Wildman–Crippen LogP) is 10.3. The minimum absolute atomic E-state index is 0.00797. The van der Waals surface area contributed by atoms with E-state index < -0.39 is 45.8 Å². The molecule has 9 atom stereocenters. The van der Waals surface area contributed by atoms with Gasteiger partial charge in [-0.15, -0.1) is 0 Å². The van der Waals surface area contributed by atoms with Crippen molar-refractivity contribution in [1.29, 1.82) is 0 Å². The van der Waals surface area contributed by atoms with Gasteiger partial charge in [0.1, 0.15) is 0 Å². The van der Waals surface area contributed by atoms with Crippen molar-refractivity contribution in [3.63, 3.8) is 0 Å². The third-order valence-corrected chi connectivity index (χ3v) is 16.4. The summed E-state index contributed by atoms with van der Waals surface area (Å²) in [7, 11) is 0. The number of rotatable bonds is 3. The zero-order valence-corrected chi connectivity index (χ0v) is 30.7. The molecule has 2 aromatic rings. The normalized spacial score (nSPS) is 39.3. The molecule has 8 rings (SSSR count). The summed E-state index contributed by atoms with van der Waals surface area (Å²) < 4.78 is 45.7. The van der Waals surface area contributed by atoms with Gasteiger partial charge in [0.15, 0.2) is 0 Å². The number of anilines is 1. The molecule has 5 aliphatic carbocycles. The van der Waals surface area contributed by atoms with Gasteiger partial charge in [0.2, 0.25) is 0 Å². The lowest BCUT2D eigenvalue weighted by atomic mass is 9.32. The number of alkyl halides is 3. The van der Waals surface area contributed by atoms with Crippen molar-refractivity contribution < 1.29 is 32.7 Å². The number of hydrogen-bond donors (Lipinski definition) is 1. The molecule has 4 fully saturated rings. The lowest BCUT2D eigenvalue weighted by molar-refractivity contribution is -0.228. The summed E-state index contributed by atoms with van der Waals surface area (Å²) in [6.07, 6.45) is 1.76. The van der Waals surface area contributed by atoms with Gasteiger partial charge < -0.3 is 5.11 Å². The molecule has 0 radical (unpaired) electrons. The number of amides is 2. The summed E-state index contributed by atoms with van der Waals surface area (Å²) in [5.74, 6) is -1.50. The van der Waals surface area contributed by atoms with Crippen LogP contribution >= 0.6 is 0 Å². The third kappa shape index (κ3) is 4.19. The molecule has 0 bridgehead atoms. The lowest BCUT2D eigenvalue weighted by Crippen LogP contribution is -2.67. The summed E-state index contributed by atoms with van der Waals surface area (Å²) >= 11 is 0. The second-order valence-electron chi connectivity index (χ2n) is 18.5. The fraction of sp³-hybridized carbons (Fsp3) is 0.605. The van der Waals surface area contributed by atoms with Crippen LogP contribution < -0.4 is 4.90 Å². The molecule has 272 valence electrons. The summed E-state index contributed by atoms with van der Waals surface area (Å²) in [6.45, 7) is 17.4. The number of benzene rings is 2. The van der Waals surface area contributed by atoms with Crippen LogP contribution in [-0.2, 0) is 22.8 Å². The van der Waals surface area contributed by atoms with Crippen molar-refractivity contribution in [1.82, 2.24) is 0 Å². The number of carbonyl (C=O) groups excluding carboxylic acids is 2. The average molecular weight is 702 g/mol. The Morgan fingerprint density at radius 2 is 1.57 bits per heavy atom. The highest BCUT2D eigenvalue weighted by molar-refractivity contribution is 6.35. The highest BCUT2D eigenvalue weighted by atomic mass is 19.4. The van der Waals surface area contributed by atoms with Crippen LogP contribution in [0.25, 0.3) is 0 Å². The van der Waals surface area contributed by atoms with E-state index in [9.17, 15) is 19.5 Å². The molecular formula is C43H50F3NO4. The molecule has 51 heavy (non-hydrogen) atoms. The number of hydrogen-bond acceptors (Lipinski definition) is 3. The molecule has 8 heteroatoms. The van der Waals surface area contributed by atoms with Crippen LogP contribution in [0.5, 0.6) is 0 Å². The first-order valence-electron chi connectivity index (χ1n) is 18.9. The molecule has 1 aliphatic heterocycles. The lowest BCUT2D eigenvalue weighted by Gasteiger charge is -2.72. The van der Waals surface area contributed by atoms with Crippen molar-refractivity contribution in [2.45, 2.75) is 111 Å². The van der Waals surface area contributed by atoms with Crippen LogP contribution in [0.2, 0.25) is 0 Å². The van der Waals surface area contributed by atoms with E-state index in [4.69, 9.17) is 0 Å². The van der Waals surface area contributed by atoms with E-state index in [2.05, 4.69) is 27.4 Å². The highest BCUT2D eigenvalue weighted by Gasteiger charge is 2.72. The van der Waals surface area contributed by atoms with Gasteiger partial charge in [-0.1, -0.05) is 65.0 Å². The number of imide groups is 1. The molecule has 2 amide bonds. The van der Waals surface area contributed by atoms with Gasteiger partial charge in [-0.3, -0.25) is 14.4 Å². The van der Waals surface area contributed by atoms with Gasteiger partial charge in [0.05, 0.1) is 27.8 Å². The number of para-hydroxylation sites is 1. The van der Waals surface area contributed by atoms with Crippen molar-refractivity contribution in [3.05, 3.63) is 76.4 Å². The first kappa shape index (κ1) is 34.7. The maximum absolute atomic E-state index is 15.2. The highest BCUT2D eigenvalue weighted by Crippen LogP contribution is 2.77. The third-order valence-electron chi connectivity index (χ3n) is 16.4. The quantitative estimate of drug-likeness (QED) is 0.255. The maximum atomic E-state index is 15.2. The number of aliphatic carboxylic acids is 1. The molecular weight excluding hydrogens is 651 g/mol. The maximum Gasteiger partial charge on any atom is 0.416 e. The van der Waals surface area contributed by atoms with Gasteiger partial charge in [-0.2, -0.15) is 13.2 Å². The van der Waals surface area contributed by atoms with Crippen molar-refractivity contribution in [2.75, 3.05) is 4.90 Å². The largest absolute Gasteiger partial charge is 0.481 e. The Balaban J connectivity index is 1.26. The molecule has 5 nitrogen and oxygen atoms in total. The Morgan fingerprint density at radius 3 is 2.20 bits per heavy atom. The molecule has 6 aliphatic rings. The second kappa shape index (κ2) is 10.6. The fourth-order valence-corrected chi connectivity index (χ4v) is 14.3. The number of carboxylic acid groups (broad SMARTS) is 1. The minimum atomic E-state index is -4.72. The zero-order chi connectivity index (χ0) is 36.8. The number of carboxylic acids is 1. The van der Waals surface area contributed by atoms with Gasteiger partial charge in [-0.05, 0) is 145 Å². The Morgan fingerprint density at radius 1 is 0.882 bits per heavy atom. The molecule has 0 spiro atoms. The van der Waals surface area contributed by atoms with E-state index in [0.717, 1.165) is 55.1 Å². The molecule has 0 saturated heterocycles. The molecule has 0 unspecified atom stereocenters. The Bertz CT molecular complexity index is 1900. The molecule has 1 N–H and O–H groups in total. The van der Waals surface area contributed by atoms with Gasteiger partial charge in [0, 0.05) is 0 Å². The van der Waals surface area contributed by atoms with E-state index >= 15 is 13.2 Å². The summed E-state index contributed by atoms with van der Waals surface area (Å²) in [4.78, 5) is 42.2. The molecule has 1 heterocycles. The Hall–Kier alpha value is -3.42. The molecule has 2 aromatic carbocycles. The van der Waals surface area contributed by atoms with Crippen LogP contribution in [0, 0.1) is 51.2 Å². The first-order valence-corrected chi connectivity index (χ1v) is 18.9. The number of halogens is 3. The fourth-order valence-electron chi connectivity index (χ4n) is 14.3. The number of nitrogens with zero attached hydrogens (tertiary/aromatic N) is 1. The smallest absolute Gasteiger partial charge is 0.416 e. The van der Waals surface area contributed by atoms with Gasteiger partial charge in [0.25, 0.3) is 11.8 Å². The van der Waals surface area contributed by atoms with E-state index in [1.165, 1.54) is 0 Å². The minimum Gasteiger partial charge on any atom is -0.481 e. The van der Waals surface area contributed by atoms with E-state index in [0.29, 0.717) is 24.1 Å². The van der Waals surface area contributed by atoms with Gasteiger partial charge in [-0.25, -0.2) is 4.90 Å². The first-order chi connectivity index (χ1) is 23.8. The van der Waals surface area contributed by atoms with Crippen LogP contribution in [0.3, 0.4) is 0 Å².